The number of rotatable bonds is 0. The topological polar surface area (TPSA) is 17.1 Å². The maximum absolute atomic E-state index is 8.68. The zero-order valence-electron chi connectivity index (χ0n) is 4.33. The van der Waals surface area contributed by atoms with Crippen LogP contribution in [0.3, 0.4) is 0 Å². The van der Waals surface area contributed by atoms with Crippen molar-refractivity contribution in [3.63, 3.8) is 0 Å². The molecule has 0 N–H and O–H groups in total. The first kappa shape index (κ1) is 7.75. The van der Waals surface area contributed by atoms with Crippen LogP contribution < -0.4 is 0 Å². The van der Waals surface area contributed by atoms with Crippen molar-refractivity contribution in [3.05, 3.63) is 24.3 Å². The molecular weight excluding hydrogens is 184 g/mol. The predicted molar refractivity (Wildman–Crippen MR) is 28.6 cm³/mol. The summed E-state index contributed by atoms with van der Waals surface area (Å²) in [6.45, 7) is 0. The van der Waals surface area contributed by atoms with Crippen LogP contribution in [0.2, 0.25) is 0 Å². The van der Waals surface area contributed by atoms with E-state index >= 15 is 0 Å². The molecule has 0 aromatic heterocycles. The van der Waals surface area contributed by atoms with Crippen LogP contribution in [-0.4, -0.2) is 4.27 Å². The molecule has 0 radical (unpaired) electrons. The molecule has 0 atom stereocenters. The summed E-state index contributed by atoms with van der Waals surface area (Å²) in [6, 6.07) is 0. The van der Waals surface area contributed by atoms with Gasteiger partial charge in [0.2, 0.25) is 0 Å². The Balaban J connectivity index is 0.000000145. The number of hydrogen-bond donors (Lipinski definition) is 0. The quantitative estimate of drug-likeness (QED) is 0.523. The van der Waals surface area contributed by atoms with Gasteiger partial charge in [0, 0.05) is 0 Å². The molecule has 0 aliphatic heterocycles. The van der Waals surface area contributed by atoms with Gasteiger partial charge in [0.05, 0.1) is 0 Å². The van der Waals surface area contributed by atoms with Crippen molar-refractivity contribution >= 4 is 4.27 Å². The molecule has 1 nitrogen and oxygen atoms in total. The van der Waals surface area contributed by atoms with E-state index in [4.69, 9.17) is 4.79 Å². The second-order valence-corrected chi connectivity index (χ2v) is 1.59. The molecule has 1 aliphatic rings. The Morgan fingerprint density at radius 2 is 1.75 bits per heavy atom. The molecular formula is C6H6MoO. The molecule has 2 heteroatoms. The van der Waals surface area contributed by atoms with Crippen molar-refractivity contribution in [2.75, 3.05) is 0 Å². The van der Waals surface area contributed by atoms with Crippen LogP contribution in [-0.2, 0) is 24.1 Å². The molecule has 1 rings (SSSR count). The second kappa shape index (κ2) is 6.75. The Morgan fingerprint density at radius 3 is 1.88 bits per heavy atom. The van der Waals surface area contributed by atoms with Crippen molar-refractivity contribution in [3.8, 4) is 0 Å². The summed E-state index contributed by atoms with van der Waals surface area (Å²) in [5.41, 5.74) is 0. The van der Waals surface area contributed by atoms with Gasteiger partial charge in [-0.3, -0.25) is 0 Å². The Kier molecular flexibility index (Phi) is 6.54. The maximum atomic E-state index is 8.68. The molecule has 1 aliphatic carbocycles. The van der Waals surface area contributed by atoms with E-state index in [1.54, 1.807) is 0 Å². The number of hydrogen-bond acceptors (Lipinski definition) is 1. The Bertz CT molecular complexity index is 119. The predicted octanol–water partition coefficient (Wildman–Crippen LogP) is 1.10. The molecule has 42 valence electrons. The van der Waals surface area contributed by atoms with Gasteiger partial charge in [-0.2, -0.15) is 0 Å². The first-order valence-corrected chi connectivity index (χ1v) is 3.23. The van der Waals surface area contributed by atoms with Crippen LogP contribution in [0.25, 0.3) is 0 Å². The van der Waals surface area contributed by atoms with Gasteiger partial charge in [-0.15, -0.1) is 0 Å². The van der Waals surface area contributed by atoms with Crippen LogP contribution in [0.5, 0.6) is 0 Å². The molecule has 0 fully saturated rings. The summed E-state index contributed by atoms with van der Waals surface area (Å²) in [5, 5.41) is 0. The van der Waals surface area contributed by atoms with Crippen molar-refractivity contribution in [2.45, 2.75) is 6.42 Å². The van der Waals surface area contributed by atoms with E-state index in [0.29, 0.717) is 0 Å². The second-order valence-electron chi connectivity index (χ2n) is 1.18. The average Bonchev–Trinajstić information content (AvgIpc) is 2.17. The minimum absolute atomic E-state index is 1.14. The van der Waals surface area contributed by atoms with Crippen molar-refractivity contribution in [1.29, 1.82) is 0 Å². The first-order valence-electron chi connectivity index (χ1n) is 2.22. The number of allylic oxidation sites excluding steroid dienone is 4. The van der Waals surface area contributed by atoms with Gasteiger partial charge in [-0.05, 0) is 6.42 Å². The van der Waals surface area contributed by atoms with Crippen molar-refractivity contribution in [2.24, 2.45) is 0 Å². The van der Waals surface area contributed by atoms with Gasteiger partial charge < -0.3 is 0 Å². The molecule has 0 saturated heterocycles. The SMILES string of the molecule is C1=CCC=C1.O=[C]=[Mo]. The zero-order chi connectivity index (χ0) is 6.24. The molecule has 0 aromatic carbocycles. The minimum atomic E-state index is 1.14. The molecule has 0 heterocycles. The number of carbonyl (C=O) groups excluding carboxylic acids is 1. The van der Waals surface area contributed by atoms with E-state index < -0.39 is 0 Å². The van der Waals surface area contributed by atoms with Gasteiger partial charge in [0.1, 0.15) is 0 Å². The van der Waals surface area contributed by atoms with Crippen molar-refractivity contribution in [1.82, 2.24) is 0 Å². The van der Waals surface area contributed by atoms with Gasteiger partial charge in [-0.1, -0.05) is 24.3 Å². The fourth-order valence-corrected chi connectivity index (χ4v) is 0.393. The summed E-state index contributed by atoms with van der Waals surface area (Å²) < 4.78 is 1.51. The van der Waals surface area contributed by atoms with Gasteiger partial charge >= 0.3 is 28.4 Å². The van der Waals surface area contributed by atoms with E-state index in [1.165, 1.54) is 23.6 Å². The molecule has 0 aromatic rings. The van der Waals surface area contributed by atoms with Crippen LogP contribution in [0.4, 0.5) is 0 Å². The third-order valence-electron chi connectivity index (χ3n) is 0.655. The van der Waals surface area contributed by atoms with Gasteiger partial charge in [0.25, 0.3) is 0 Å². The van der Waals surface area contributed by atoms with E-state index in [-0.39, 0.29) is 0 Å². The monoisotopic (exact) mass is 192 g/mol. The Morgan fingerprint density at radius 1 is 1.38 bits per heavy atom. The standard InChI is InChI=1S/C5H6.CO.Mo/c1-2-4-5-3-1;1-2;/h1-4H,5H2;;. The molecule has 0 bridgehead atoms. The van der Waals surface area contributed by atoms with Crippen LogP contribution in [0, 0.1) is 0 Å². The summed E-state index contributed by atoms with van der Waals surface area (Å²) in [4.78, 5) is 8.68. The van der Waals surface area contributed by atoms with Crippen LogP contribution in [0.1, 0.15) is 6.42 Å². The van der Waals surface area contributed by atoms with E-state index in [0.717, 1.165) is 6.42 Å². The molecule has 0 amide bonds. The van der Waals surface area contributed by atoms with Crippen LogP contribution in [0.15, 0.2) is 24.3 Å². The molecule has 8 heavy (non-hydrogen) atoms. The Hall–Kier alpha value is -0.252. The molecule has 0 saturated carbocycles. The van der Waals surface area contributed by atoms with E-state index in [9.17, 15) is 0 Å². The van der Waals surface area contributed by atoms with E-state index in [2.05, 4.69) is 24.3 Å². The fourth-order valence-electron chi connectivity index (χ4n) is 0.393. The third-order valence-corrected chi connectivity index (χ3v) is 0.655. The molecule has 0 spiro atoms. The summed E-state index contributed by atoms with van der Waals surface area (Å²) in [5.74, 6) is 0. The molecule has 0 unspecified atom stereocenters. The van der Waals surface area contributed by atoms with E-state index in [1.807, 2.05) is 0 Å². The van der Waals surface area contributed by atoms with Crippen LogP contribution >= 0.6 is 0 Å². The Labute approximate surface area is 59.5 Å². The summed E-state index contributed by atoms with van der Waals surface area (Å²) in [7, 11) is 0. The van der Waals surface area contributed by atoms with Gasteiger partial charge in [-0.25, -0.2) is 0 Å². The zero-order valence-corrected chi connectivity index (χ0v) is 6.34. The normalized spacial score (nSPS) is 12.0. The average molecular weight is 190 g/mol. The fraction of sp³-hybridized carbons (Fsp3) is 0.167. The summed E-state index contributed by atoms with van der Waals surface area (Å²) >= 11 is 1.26. The first-order chi connectivity index (χ1) is 3.91. The van der Waals surface area contributed by atoms with Gasteiger partial charge in [0.15, 0.2) is 0 Å². The summed E-state index contributed by atoms with van der Waals surface area (Å²) in [6.07, 6.45) is 9.50. The third kappa shape index (κ3) is 5.75. The van der Waals surface area contributed by atoms with Crippen molar-refractivity contribution < 1.29 is 24.1 Å².